The summed E-state index contributed by atoms with van der Waals surface area (Å²) in [6.45, 7) is 2.43. The minimum atomic E-state index is -0.127. The molecule has 0 aliphatic carbocycles. The Bertz CT molecular complexity index is 477. The zero-order valence-electron chi connectivity index (χ0n) is 10.6. The van der Waals surface area contributed by atoms with Gasteiger partial charge in [0.1, 0.15) is 0 Å². The molecule has 0 unspecified atom stereocenters. The number of likely N-dealkylation sites (tertiary alicyclic amines) is 1. The minimum Gasteiger partial charge on any atom is -0.274 e. The van der Waals surface area contributed by atoms with Crippen LogP contribution in [0.25, 0.3) is 0 Å². The molecule has 1 saturated heterocycles. The molecule has 0 N–H and O–H groups in total. The lowest BCUT2D eigenvalue weighted by Gasteiger charge is -2.13. The van der Waals surface area contributed by atoms with E-state index in [2.05, 4.69) is 6.92 Å². The molecule has 3 heteroatoms. The summed E-state index contributed by atoms with van der Waals surface area (Å²) < 4.78 is 0. The fraction of sp³-hybridized carbons (Fsp3) is 0.333. The van der Waals surface area contributed by atoms with Crippen molar-refractivity contribution in [2.24, 2.45) is 0 Å². The lowest BCUT2D eigenvalue weighted by atomic mass is 10.1. The molecule has 0 spiro atoms. The molecule has 0 bridgehead atoms. The van der Waals surface area contributed by atoms with Gasteiger partial charge < -0.3 is 0 Å². The third-order valence-corrected chi connectivity index (χ3v) is 3.03. The van der Waals surface area contributed by atoms with E-state index in [0.717, 1.165) is 18.4 Å². The van der Waals surface area contributed by atoms with Gasteiger partial charge in [-0.25, -0.2) is 0 Å². The highest BCUT2D eigenvalue weighted by Crippen LogP contribution is 2.21. The van der Waals surface area contributed by atoms with Gasteiger partial charge in [0.05, 0.1) is 13.0 Å². The Morgan fingerprint density at radius 3 is 2.61 bits per heavy atom. The van der Waals surface area contributed by atoms with Crippen LogP contribution in [0, 0.1) is 0 Å². The summed E-state index contributed by atoms with van der Waals surface area (Å²) in [7, 11) is 0. The Balaban J connectivity index is 2.10. The van der Waals surface area contributed by atoms with Gasteiger partial charge in [0.15, 0.2) is 0 Å². The van der Waals surface area contributed by atoms with Gasteiger partial charge in [0.2, 0.25) is 5.91 Å². The number of rotatable bonds is 4. The zero-order chi connectivity index (χ0) is 13.0. The normalized spacial score (nSPS) is 17.8. The second kappa shape index (κ2) is 5.63. The summed E-state index contributed by atoms with van der Waals surface area (Å²) in [5.41, 5.74) is 1.63. The second-order valence-corrected chi connectivity index (χ2v) is 4.47. The number of nitrogens with zero attached hydrogens (tertiary/aromatic N) is 1. The summed E-state index contributed by atoms with van der Waals surface area (Å²) >= 11 is 0. The number of benzene rings is 1. The first-order valence-corrected chi connectivity index (χ1v) is 6.30. The third-order valence-electron chi connectivity index (χ3n) is 3.03. The number of carbonyl (C=O) groups is 2. The zero-order valence-corrected chi connectivity index (χ0v) is 10.6. The molecule has 1 aliphatic rings. The average molecular weight is 243 g/mol. The van der Waals surface area contributed by atoms with Crippen LogP contribution in [-0.4, -0.2) is 16.7 Å². The van der Waals surface area contributed by atoms with E-state index in [4.69, 9.17) is 0 Å². The lowest BCUT2D eigenvalue weighted by molar-refractivity contribution is -0.138. The molecule has 1 aromatic rings. The molecule has 0 aromatic heterocycles. The van der Waals surface area contributed by atoms with Crippen molar-refractivity contribution in [1.82, 2.24) is 4.90 Å². The fourth-order valence-electron chi connectivity index (χ4n) is 2.02. The van der Waals surface area contributed by atoms with E-state index in [9.17, 15) is 9.59 Å². The molecule has 2 amide bonds. The highest BCUT2D eigenvalue weighted by Gasteiger charge is 2.33. The molecule has 0 radical (unpaired) electrons. The Hall–Kier alpha value is -1.90. The van der Waals surface area contributed by atoms with Gasteiger partial charge in [0, 0.05) is 5.57 Å². The molecular weight excluding hydrogens is 226 g/mol. The number of amides is 2. The highest BCUT2D eigenvalue weighted by atomic mass is 16.2. The van der Waals surface area contributed by atoms with Crippen molar-refractivity contribution in [2.75, 3.05) is 0 Å². The van der Waals surface area contributed by atoms with Crippen LogP contribution in [0.2, 0.25) is 0 Å². The molecule has 1 aliphatic heterocycles. The van der Waals surface area contributed by atoms with E-state index in [1.54, 1.807) is 0 Å². The van der Waals surface area contributed by atoms with Gasteiger partial charge in [0.25, 0.3) is 5.91 Å². The van der Waals surface area contributed by atoms with Gasteiger partial charge in [-0.2, -0.15) is 0 Å². The van der Waals surface area contributed by atoms with Gasteiger partial charge in [-0.3, -0.25) is 14.5 Å². The van der Waals surface area contributed by atoms with Crippen molar-refractivity contribution < 1.29 is 9.59 Å². The smallest absolute Gasteiger partial charge is 0.256 e. The lowest BCUT2D eigenvalue weighted by Crippen LogP contribution is -2.28. The van der Waals surface area contributed by atoms with Gasteiger partial charge in [-0.15, -0.1) is 0 Å². The van der Waals surface area contributed by atoms with Crippen LogP contribution in [0.4, 0.5) is 0 Å². The molecule has 0 atom stereocenters. The Morgan fingerprint density at radius 1 is 1.22 bits per heavy atom. The van der Waals surface area contributed by atoms with Crippen LogP contribution < -0.4 is 0 Å². The van der Waals surface area contributed by atoms with E-state index in [0.29, 0.717) is 12.1 Å². The number of carbonyl (C=O) groups excluding carboxylic acids is 2. The van der Waals surface area contributed by atoms with E-state index >= 15 is 0 Å². The Kier molecular flexibility index (Phi) is 3.92. The minimum absolute atomic E-state index is 0.0915. The van der Waals surface area contributed by atoms with E-state index in [1.165, 1.54) is 4.90 Å². The number of unbranched alkanes of at least 4 members (excludes halogenated alkanes) is 1. The van der Waals surface area contributed by atoms with Crippen LogP contribution in [-0.2, 0) is 16.1 Å². The van der Waals surface area contributed by atoms with Gasteiger partial charge in [-0.1, -0.05) is 49.8 Å². The summed E-state index contributed by atoms with van der Waals surface area (Å²) in [5.74, 6) is -0.219. The first-order valence-electron chi connectivity index (χ1n) is 6.30. The number of hydrogen-bond acceptors (Lipinski definition) is 2. The van der Waals surface area contributed by atoms with Crippen molar-refractivity contribution >= 4 is 11.8 Å². The van der Waals surface area contributed by atoms with Crippen molar-refractivity contribution in [3.63, 3.8) is 0 Å². The average Bonchev–Trinajstić information content (AvgIpc) is 2.65. The van der Waals surface area contributed by atoms with Crippen molar-refractivity contribution in [3.8, 4) is 0 Å². The summed E-state index contributed by atoms with van der Waals surface area (Å²) in [4.78, 5) is 25.2. The topological polar surface area (TPSA) is 37.4 Å². The van der Waals surface area contributed by atoms with Crippen LogP contribution in [0.15, 0.2) is 42.0 Å². The molecular formula is C15H17NO2. The van der Waals surface area contributed by atoms with Gasteiger partial charge in [-0.05, 0) is 12.0 Å². The van der Waals surface area contributed by atoms with E-state index in [1.807, 2.05) is 36.4 Å². The Labute approximate surface area is 107 Å². The molecule has 0 saturated carbocycles. The third kappa shape index (κ3) is 2.67. The van der Waals surface area contributed by atoms with Crippen LogP contribution in [0.1, 0.15) is 31.7 Å². The summed E-state index contributed by atoms with van der Waals surface area (Å²) in [6.07, 6.45) is 3.99. The summed E-state index contributed by atoms with van der Waals surface area (Å²) in [6, 6.07) is 9.59. The van der Waals surface area contributed by atoms with Crippen LogP contribution >= 0.6 is 0 Å². The number of imide groups is 1. The fourth-order valence-corrected chi connectivity index (χ4v) is 2.02. The maximum atomic E-state index is 12.1. The number of hydrogen-bond donors (Lipinski definition) is 0. The monoisotopic (exact) mass is 243 g/mol. The summed E-state index contributed by atoms with van der Waals surface area (Å²) in [5, 5.41) is 0. The molecule has 1 aromatic carbocycles. The van der Waals surface area contributed by atoms with Crippen molar-refractivity contribution in [1.29, 1.82) is 0 Å². The van der Waals surface area contributed by atoms with Crippen molar-refractivity contribution in [3.05, 3.63) is 47.5 Å². The van der Waals surface area contributed by atoms with Gasteiger partial charge >= 0.3 is 0 Å². The first-order chi connectivity index (χ1) is 8.72. The highest BCUT2D eigenvalue weighted by molar-refractivity contribution is 6.13. The largest absolute Gasteiger partial charge is 0.274 e. The first kappa shape index (κ1) is 12.6. The molecule has 2 rings (SSSR count). The molecule has 18 heavy (non-hydrogen) atoms. The molecule has 3 nitrogen and oxygen atoms in total. The second-order valence-electron chi connectivity index (χ2n) is 4.47. The van der Waals surface area contributed by atoms with E-state index < -0.39 is 0 Å². The molecule has 1 heterocycles. The quantitative estimate of drug-likeness (QED) is 0.602. The maximum Gasteiger partial charge on any atom is 0.256 e. The predicted octanol–water partition coefficient (Wildman–Crippen LogP) is 2.67. The maximum absolute atomic E-state index is 12.1. The molecule has 1 fully saturated rings. The predicted molar refractivity (Wildman–Crippen MR) is 69.6 cm³/mol. The Morgan fingerprint density at radius 2 is 1.94 bits per heavy atom. The van der Waals surface area contributed by atoms with Crippen LogP contribution in [0.5, 0.6) is 0 Å². The van der Waals surface area contributed by atoms with Crippen molar-refractivity contribution in [2.45, 2.75) is 32.7 Å². The van der Waals surface area contributed by atoms with Crippen LogP contribution in [0.3, 0.4) is 0 Å². The van der Waals surface area contributed by atoms with E-state index in [-0.39, 0.29) is 18.2 Å². The molecule has 94 valence electrons. The SMILES string of the molecule is CCC/C=C1/CC(=O)N(Cc2ccccc2)C1=O. The number of allylic oxidation sites excluding steroid dienone is 1. The standard InChI is InChI=1S/C15H17NO2/c1-2-3-9-13-10-14(17)16(15(13)18)11-12-7-5-4-6-8-12/h4-9H,2-3,10-11H2,1H3/b13-9-.